The first-order chi connectivity index (χ1) is 8.56. The summed E-state index contributed by atoms with van der Waals surface area (Å²) in [5.41, 5.74) is 1.31. The van der Waals surface area contributed by atoms with Crippen LogP contribution in [0.3, 0.4) is 0 Å². The van der Waals surface area contributed by atoms with Gasteiger partial charge in [-0.2, -0.15) is 0 Å². The molecule has 1 aromatic rings. The average Bonchev–Trinajstić information content (AvgIpc) is 2.64. The van der Waals surface area contributed by atoms with Crippen molar-refractivity contribution in [2.45, 2.75) is 30.0 Å². The smallest absolute Gasteiger partial charge is 0.217 e. The summed E-state index contributed by atoms with van der Waals surface area (Å²) in [5.74, 6) is 0.0622. The fraction of sp³-hybridized carbons (Fsp3) is 0.462. The van der Waals surface area contributed by atoms with Crippen molar-refractivity contribution < 1.29 is 4.79 Å². The maximum Gasteiger partial charge on any atom is 0.217 e. The maximum atomic E-state index is 11.1. The Bertz CT molecular complexity index is 424. The number of hydrogen-bond donors (Lipinski definition) is 1. The summed E-state index contributed by atoms with van der Waals surface area (Å²) in [7, 11) is 0. The lowest BCUT2D eigenvalue weighted by molar-refractivity contribution is -0.119. The van der Waals surface area contributed by atoms with Crippen LogP contribution in [0.4, 0.5) is 0 Å². The quantitative estimate of drug-likeness (QED) is 0.461. The summed E-state index contributed by atoms with van der Waals surface area (Å²) in [4.78, 5) is 13.5. The third-order valence-electron chi connectivity index (χ3n) is 3.10. The number of carbonyl (C=O) groups is 1. The van der Waals surface area contributed by atoms with Crippen LogP contribution in [-0.2, 0) is 11.3 Å². The van der Waals surface area contributed by atoms with E-state index in [0.29, 0.717) is 4.05 Å². The summed E-state index contributed by atoms with van der Waals surface area (Å²) in [5, 5.41) is 3.02. The van der Waals surface area contributed by atoms with Crippen molar-refractivity contribution in [3.8, 4) is 0 Å². The molecule has 1 aliphatic rings. The highest BCUT2D eigenvalue weighted by molar-refractivity contribution is 14.1. The molecule has 3 nitrogen and oxygen atoms in total. The molecule has 1 saturated heterocycles. The Morgan fingerprint density at radius 1 is 1.50 bits per heavy atom. The van der Waals surface area contributed by atoms with Crippen molar-refractivity contribution >= 4 is 44.4 Å². The van der Waals surface area contributed by atoms with Crippen LogP contribution in [0.25, 0.3) is 0 Å². The van der Waals surface area contributed by atoms with Gasteiger partial charge >= 0.3 is 0 Å². The van der Waals surface area contributed by atoms with E-state index in [1.54, 1.807) is 6.92 Å². The fourth-order valence-electron chi connectivity index (χ4n) is 2.21. The number of likely N-dealkylation sites (tertiary alicyclic amines) is 1. The minimum Gasteiger partial charge on any atom is -0.351 e. The number of carbonyl (C=O) groups excluding carboxylic acids is 1. The lowest BCUT2D eigenvalue weighted by Gasteiger charge is -2.23. The lowest BCUT2D eigenvalue weighted by Crippen LogP contribution is -2.40. The number of hydrogen-bond acceptors (Lipinski definition) is 2. The Morgan fingerprint density at radius 3 is 2.78 bits per heavy atom. The van der Waals surface area contributed by atoms with Crippen LogP contribution < -0.4 is 5.32 Å². The molecule has 1 heterocycles. The summed E-state index contributed by atoms with van der Waals surface area (Å²) in [6.07, 6.45) is 1.03. The second-order valence-electron chi connectivity index (χ2n) is 4.57. The topological polar surface area (TPSA) is 32.3 Å². The van der Waals surface area contributed by atoms with E-state index in [4.69, 9.17) is 0 Å². The van der Waals surface area contributed by atoms with Crippen LogP contribution in [0, 0.1) is 0 Å². The predicted molar refractivity (Wildman–Crippen MR) is 84.6 cm³/mol. The number of nitrogens with zero attached hydrogens (tertiary/aromatic N) is 1. The second kappa shape index (κ2) is 6.34. The SMILES string of the molecule is CC(=O)NC1CCN(Cc2ccc(Br)cc2)C1I. The van der Waals surface area contributed by atoms with Gasteiger partial charge in [-0.1, -0.05) is 50.7 Å². The minimum atomic E-state index is 0.0622. The summed E-state index contributed by atoms with van der Waals surface area (Å²) < 4.78 is 1.48. The van der Waals surface area contributed by atoms with Gasteiger partial charge in [0.15, 0.2) is 0 Å². The van der Waals surface area contributed by atoms with Crippen LogP contribution in [0.1, 0.15) is 18.9 Å². The van der Waals surface area contributed by atoms with Gasteiger partial charge in [0.25, 0.3) is 0 Å². The molecule has 18 heavy (non-hydrogen) atoms. The van der Waals surface area contributed by atoms with Gasteiger partial charge in [-0.05, 0) is 24.1 Å². The monoisotopic (exact) mass is 422 g/mol. The highest BCUT2D eigenvalue weighted by Gasteiger charge is 2.32. The molecule has 0 radical (unpaired) electrons. The summed E-state index contributed by atoms with van der Waals surface area (Å²) >= 11 is 5.87. The fourth-order valence-corrected chi connectivity index (χ4v) is 3.49. The van der Waals surface area contributed by atoms with E-state index in [1.807, 2.05) is 0 Å². The van der Waals surface area contributed by atoms with Gasteiger partial charge in [0.1, 0.15) is 0 Å². The van der Waals surface area contributed by atoms with Crippen LogP contribution in [0.15, 0.2) is 28.7 Å². The highest BCUT2D eigenvalue weighted by Crippen LogP contribution is 2.25. The number of amides is 1. The molecular formula is C13H16BrIN2O. The molecule has 1 fully saturated rings. The van der Waals surface area contributed by atoms with Gasteiger partial charge in [0, 0.05) is 24.5 Å². The summed E-state index contributed by atoms with van der Waals surface area (Å²) in [6, 6.07) is 8.69. The van der Waals surface area contributed by atoms with Gasteiger partial charge in [-0.3, -0.25) is 9.69 Å². The molecule has 0 spiro atoms. The molecule has 1 N–H and O–H groups in total. The van der Waals surface area contributed by atoms with Gasteiger partial charge in [0.05, 0.1) is 10.1 Å². The van der Waals surface area contributed by atoms with E-state index < -0.39 is 0 Å². The largest absolute Gasteiger partial charge is 0.351 e. The third-order valence-corrected chi connectivity index (χ3v) is 5.28. The number of alkyl halides is 1. The number of halogens is 2. The molecular weight excluding hydrogens is 407 g/mol. The Morgan fingerprint density at radius 2 is 2.17 bits per heavy atom. The Kier molecular flexibility index (Phi) is 5.03. The first-order valence-corrected chi connectivity index (χ1v) is 8.00. The second-order valence-corrected chi connectivity index (χ2v) is 6.76. The van der Waals surface area contributed by atoms with E-state index in [9.17, 15) is 4.79 Å². The van der Waals surface area contributed by atoms with Crippen molar-refractivity contribution in [1.82, 2.24) is 10.2 Å². The van der Waals surface area contributed by atoms with E-state index in [2.05, 4.69) is 73.0 Å². The minimum absolute atomic E-state index is 0.0622. The van der Waals surface area contributed by atoms with E-state index in [1.165, 1.54) is 5.56 Å². The van der Waals surface area contributed by atoms with E-state index in [-0.39, 0.29) is 11.9 Å². The van der Waals surface area contributed by atoms with Gasteiger partial charge < -0.3 is 5.32 Å². The first-order valence-electron chi connectivity index (χ1n) is 5.96. The zero-order valence-corrected chi connectivity index (χ0v) is 13.9. The van der Waals surface area contributed by atoms with Crippen molar-refractivity contribution in [3.63, 3.8) is 0 Å². The van der Waals surface area contributed by atoms with Crippen LogP contribution in [0.5, 0.6) is 0 Å². The van der Waals surface area contributed by atoms with Crippen LogP contribution in [0.2, 0.25) is 0 Å². The van der Waals surface area contributed by atoms with E-state index in [0.717, 1.165) is 24.0 Å². The molecule has 0 aliphatic carbocycles. The normalized spacial score (nSPS) is 24.2. The molecule has 0 aromatic heterocycles. The third kappa shape index (κ3) is 3.68. The van der Waals surface area contributed by atoms with Crippen molar-refractivity contribution in [2.24, 2.45) is 0 Å². The van der Waals surface area contributed by atoms with Crippen molar-refractivity contribution in [2.75, 3.05) is 6.54 Å². The molecule has 0 bridgehead atoms. The number of nitrogens with one attached hydrogen (secondary N) is 1. The zero-order chi connectivity index (χ0) is 13.1. The van der Waals surface area contributed by atoms with E-state index >= 15 is 0 Å². The molecule has 0 saturated carbocycles. The van der Waals surface area contributed by atoms with Crippen LogP contribution in [-0.4, -0.2) is 27.4 Å². The lowest BCUT2D eigenvalue weighted by atomic mass is 10.2. The Balaban J connectivity index is 1.95. The maximum absolute atomic E-state index is 11.1. The number of benzene rings is 1. The molecule has 2 unspecified atom stereocenters. The average molecular weight is 423 g/mol. The predicted octanol–water partition coefficient (Wildman–Crippen LogP) is 2.92. The molecule has 98 valence electrons. The van der Waals surface area contributed by atoms with Crippen LogP contribution >= 0.6 is 38.5 Å². The first kappa shape index (κ1) is 14.3. The molecule has 1 aliphatic heterocycles. The number of rotatable bonds is 3. The van der Waals surface area contributed by atoms with Crippen molar-refractivity contribution in [3.05, 3.63) is 34.3 Å². The Labute approximate surface area is 130 Å². The molecule has 2 rings (SSSR count). The summed E-state index contributed by atoms with van der Waals surface area (Å²) in [6.45, 7) is 3.56. The highest BCUT2D eigenvalue weighted by atomic mass is 127. The van der Waals surface area contributed by atoms with Gasteiger partial charge in [0.2, 0.25) is 5.91 Å². The molecule has 1 aromatic carbocycles. The Hall–Kier alpha value is -0.140. The zero-order valence-electron chi connectivity index (χ0n) is 10.2. The molecule has 2 atom stereocenters. The molecule has 5 heteroatoms. The van der Waals surface area contributed by atoms with Crippen molar-refractivity contribution in [1.29, 1.82) is 0 Å². The standard InChI is InChI=1S/C13H16BrIN2O/c1-9(18)16-12-6-7-17(13(12)15)8-10-2-4-11(14)5-3-10/h2-5,12-13H,6-8H2,1H3,(H,16,18). The van der Waals surface area contributed by atoms with Gasteiger partial charge in [-0.25, -0.2) is 0 Å². The van der Waals surface area contributed by atoms with Gasteiger partial charge in [-0.15, -0.1) is 0 Å². The molecule has 1 amide bonds.